The van der Waals surface area contributed by atoms with E-state index in [9.17, 15) is 4.79 Å². The number of aryl methyl sites for hydroxylation is 1. The van der Waals surface area contributed by atoms with E-state index >= 15 is 0 Å². The Balaban J connectivity index is 0.00000261. The number of amides is 1. The molecule has 27 heavy (non-hydrogen) atoms. The molecule has 1 amide bonds. The Morgan fingerprint density at radius 3 is 2.78 bits per heavy atom. The summed E-state index contributed by atoms with van der Waals surface area (Å²) in [6, 6.07) is 5.83. The van der Waals surface area contributed by atoms with Gasteiger partial charge in [0, 0.05) is 37.2 Å². The minimum atomic E-state index is 0. The summed E-state index contributed by atoms with van der Waals surface area (Å²) >= 11 is 6.04. The van der Waals surface area contributed by atoms with Crippen molar-refractivity contribution in [2.24, 2.45) is 0 Å². The van der Waals surface area contributed by atoms with E-state index in [-0.39, 0.29) is 24.9 Å². The Morgan fingerprint density at radius 1 is 1.26 bits per heavy atom. The van der Waals surface area contributed by atoms with E-state index in [1.165, 1.54) is 6.42 Å². The van der Waals surface area contributed by atoms with Crippen LogP contribution >= 0.6 is 24.0 Å². The van der Waals surface area contributed by atoms with Crippen LogP contribution in [0.1, 0.15) is 31.2 Å². The average molecular weight is 417 g/mol. The van der Waals surface area contributed by atoms with Crippen molar-refractivity contribution in [1.29, 1.82) is 0 Å². The minimum absolute atomic E-state index is 0. The number of benzene rings is 1. The van der Waals surface area contributed by atoms with Crippen LogP contribution in [0.25, 0.3) is 0 Å². The summed E-state index contributed by atoms with van der Waals surface area (Å²) < 4.78 is 11.1. The van der Waals surface area contributed by atoms with Crippen LogP contribution in [0.3, 0.4) is 0 Å². The highest BCUT2D eigenvalue weighted by atomic mass is 35.5. The van der Waals surface area contributed by atoms with Gasteiger partial charge in [-0.05, 0) is 56.4 Å². The highest BCUT2D eigenvalue weighted by molar-refractivity contribution is 6.31. The summed E-state index contributed by atoms with van der Waals surface area (Å²) in [4.78, 5) is 17.2. The second-order valence-corrected chi connectivity index (χ2v) is 7.59. The van der Waals surface area contributed by atoms with Crippen molar-refractivity contribution in [1.82, 2.24) is 9.80 Å². The molecule has 0 spiro atoms. The molecule has 1 aromatic carbocycles. The van der Waals surface area contributed by atoms with Gasteiger partial charge in [0.2, 0.25) is 0 Å². The lowest BCUT2D eigenvalue weighted by Crippen LogP contribution is -2.47. The van der Waals surface area contributed by atoms with Crippen molar-refractivity contribution in [3.05, 3.63) is 28.8 Å². The number of carbonyl (C=O) groups excluding carboxylic acids is 1. The smallest absolute Gasteiger partial charge is 0.260 e. The first-order valence-electron chi connectivity index (χ1n) is 9.62. The fourth-order valence-corrected chi connectivity index (χ4v) is 3.84. The molecule has 0 N–H and O–H groups in total. The van der Waals surface area contributed by atoms with E-state index in [0.29, 0.717) is 16.8 Å². The Morgan fingerprint density at radius 2 is 2.04 bits per heavy atom. The lowest BCUT2D eigenvalue weighted by molar-refractivity contribution is -0.137. The predicted molar refractivity (Wildman–Crippen MR) is 110 cm³/mol. The van der Waals surface area contributed by atoms with Gasteiger partial charge < -0.3 is 14.4 Å². The summed E-state index contributed by atoms with van der Waals surface area (Å²) in [6.07, 6.45) is 4.41. The van der Waals surface area contributed by atoms with Crippen LogP contribution < -0.4 is 4.74 Å². The zero-order valence-electron chi connectivity index (χ0n) is 16.0. The first-order valence-corrected chi connectivity index (χ1v) is 10.00. The summed E-state index contributed by atoms with van der Waals surface area (Å²) in [5, 5.41) is 0.711. The van der Waals surface area contributed by atoms with Gasteiger partial charge in [0.25, 0.3) is 5.91 Å². The molecule has 1 aromatic rings. The summed E-state index contributed by atoms with van der Waals surface area (Å²) in [7, 11) is 0. The topological polar surface area (TPSA) is 42.0 Å². The van der Waals surface area contributed by atoms with E-state index < -0.39 is 0 Å². The third kappa shape index (κ3) is 6.53. The van der Waals surface area contributed by atoms with Crippen molar-refractivity contribution in [2.45, 2.75) is 38.6 Å². The largest absolute Gasteiger partial charge is 0.484 e. The molecule has 2 heterocycles. The number of ether oxygens (including phenoxy) is 2. The number of morpholine rings is 1. The number of halogens is 2. The van der Waals surface area contributed by atoms with Crippen LogP contribution in [-0.4, -0.2) is 67.7 Å². The molecule has 0 saturated carbocycles. The molecule has 2 aliphatic heterocycles. The van der Waals surface area contributed by atoms with Gasteiger partial charge in [-0.2, -0.15) is 0 Å². The Bertz CT molecular complexity index is 609. The number of hydrogen-bond donors (Lipinski definition) is 0. The third-order valence-corrected chi connectivity index (χ3v) is 5.75. The number of likely N-dealkylation sites (tertiary alicyclic amines) is 1. The average Bonchev–Trinajstić information content (AvgIpc) is 2.68. The van der Waals surface area contributed by atoms with Gasteiger partial charge in [0.05, 0.1) is 13.2 Å². The molecule has 0 aliphatic carbocycles. The molecule has 0 aromatic heterocycles. The fourth-order valence-electron chi connectivity index (χ4n) is 3.72. The van der Waals surface area contributed by atoms with Gasteiger partial charge in [0.1, 0.15) is 5.75 Å². The van der Waals surface area contributed by atoms with Crippen LogP contribution in [0.15, 0.2) is 18.2 Å². The van der Waals surface area contributed by atoms with E-state index in [1.807, 2.05) is 30.0 Å². The van der Waals surface area contributed by atoms with Gasteiger partial charge in [-0.15, -0.1) is 12.4 Å². The van der Waals surface area contributed by atoms with Crippen LogP contribution in [0.4, 0.5) is 0 Å². The molecule has 3 rings (SSSR count). The van der Waals surface area contributed by atoms with E-state index in [1.54, 1.807) is 0 Å². The lowest BCUT2D eigenvalue weighted by atomic mass is 9.99. The molecule has 7 heteroatoms. The molecule has 1 unspecified atom stereocenters. The van der Waals surface area contributed by atoms with Crippen LogP contribution in [0.2, 0.25) is 5.02 Å². The second-order valence-electron chi connectivity index (χ2n) is 7.18. The van der Waals surface area contributed by atoms with Crippen molar-refractivity contribution >= 4 is 29.9 Å². The molecule has 152 valence electrons. The first-order chi connectivity index (χ1) is 12.6. The monoisotopic (exact) mass is 416 g/mol. The second kappa shape index (κ2) is 11.1. The Kier molecular flexibility index (Phi) is 9.16. The minimum Gasteiger partial charge on any atom is -0.484 e. The molecule has 0 bridgehead atoms. The number of carbonyl (C=O) groups is 1. The molecule has 1 atom stereocenters. The van der Waals surface area contributed by atoms with Crippen molar-refractivity contribution < 1.29 is 14.3 Å². The number of piperidine rings is 1. The van der Waals surface area contributed by atoms with E-state index in [4.69, 9.17) is 21.1 Å². The number of hydrogen-bond acceptors (Lipinski definition) is 4. The Labute approximate surface area is 173 Å². The fraction of sp³-hybridized carbons (Fsp3) is 0.650. The standard InChI is InChI=1S/C20H29ClN2O3.ClH/c1-16-14-18(5-6-19(16)21)26-15-20(24)23-8-3-2-4-17(23)7-9-22-10-12-25-13-11-22;/h5-6,14,17H,2-4,7-13,15H2,1H3;1H. The molecule has 2 saturated heterocycles. The highest BCUT2D eigenvalue weighted by Crippen LogP contribution is 2.23. The van der Waals surface area contributed by atoms with Gasteiger partial charge in [-0.3, -0.25) is 9.69 Å². The van der Waals surface area contributed by atoms with Gasteiger partial charge >= 0.3 is 0 Å². The van der Waals surface area contributed by atoms with Crippen molar-refractivity contribution in [3.8, 4) is 5.75 Å². The van der Waals surface area contributed by atoms with E-state index in [0.717, 1.165) is 64.2 Å². The van der Waals surface area contributed by atoms with E-state index in [2.05, 4.69) is 4.90 Å². The SMILES string of the molecule is Cc1cc(OCC(=O)N2CCCCC2CCN2CCOCC2)ccc1Cl.Cl. The first kappa shape index (κ1) is 22.3. The maximum absolute atomic E-state index is 12.7. The number of nitrogens with zero attached hydrogens (tertiary/aromatic N) is 2. The quantitative estimate of drug-likeness (QED) is 0.710. The maximum atomic E-state index is 12.7. The van der Waals surface area contributed by atoms with Gasteiger partial charge in [0.15, 0.2) is 6.61 Å². The molecular weight excluding hydrogens is 387 g/mol. The van der Waals surface area contributed by atoms with Crippen LogP contribution in [0.5, 0.6) is 5.75 Å². The molecule has 0 radical (unpaired) electrons. The third-order valence-electron chi connectivity index (χ3n) is 5.32. The maximum Gasteiger partial charge on any atom is 0.260 e. The Hall–Kier alpha value is -1.01. The molecule has 2 aliphatic rings. The normalized spacial score (nSPS) is 20.8. The van der Waals surface area contributed by atoms with Crippen LogP contribution in [-0.2, 0) is 9.53 Å². The van der Waals surface area contributed by atoms with Gasteiger partial charge in [-0.1, -0.05) is 11.6 Å². The van der Waals surface area contributed by atoms with Crippen molar-refractivity contribution in [3.63, 3.8) is 0 Å². The van der Waals surface area contributed by atoms with Gasteiger partial charge in [-0.25, -0.2) is 0 Å². The molecular formula is C20H30Cl2N2O3. The van der Waals surface area contributed by atoms with Crippen molar-refractivity contribution in [2.75, 3.05) is 46.0 Å². The predicted octanol–water partition coefficient (Wildman–Crippen LogP) is 3.55. The lowest BCUT2D eigenvalue weighted by Gasteiger charge is -2.37. The summed E-state index contributed by atoms with van der Waals surface area (Å²) in [6.45, 7) is 7.55. The molecule has 2 fully saturated rings. The summed E-state index contributed by atoms with van der Waals surface area (Å²) in [5.41, 5.74) is 0.956. The zero-order valence-corrected chi connectivity index (χ0v) is 17.6. The highest BCUT2D eigenvalue weighted by Gasteiger charge is 2.27. The van der Waals surface area contributed by atoms with Crippen LogP contribution in [0, 0.1) is 6.92 Å². The number of rotatable bonds is 6. The zero-order chi connectivity index (χ0) is 18.4. The molecule has 5 nitrogen and oxygen atoms in total. The summed E-state index contributed by atoms with van der Waals surface area (Å²) in [5.74, 6) is 0.784.